The molecule has 0 aromatic heterocycles. The molecule has 1 heterocycles. The molecule has 0 spiro atoms. The minimum absolute atomic E-state index is 0.170. The van der Waals surface area contributed by atoms with Crippen molar-refractivity contribution in [2.24, 2.45) is 5.92 Å². The summed E-state index contributed by atoms with van der Waals surface area (Å²) in [5, 5.41) is 21.8. The average molecular weight is 408 g/mol. The largest absolute Gasteiger partial charge is 0.463 e. The molecular weight excluding hydrogens is 383 g/mol. The second kappa shape index (κ2) is 8.96. The number of fused-ring (bicyclic) bond motifs is 1. The van der Waals surface area contributed by atoms with Crippen molar-refractivity contribution < 1.29 is 24.1 Å². The molecule has 4 atom stereocenters. The fourth-order valence-corrected chi connectivity index (χ4v) is 3.69. The standard InChI is InChI=1S/C25H25FO4/c1-16-23(28)14-21(15-27)29-25(16)30-24-19(9-6-17-7-12-20(26)13-8-17)11-10-18-4-2-3-5-22(18)24/h2-13,16,21,23,25,27-28H,14-15H2,1H3/b9-6+/t16-,21-,23-,25-/m0/s1. The third-order valence-corrected chi connectivity index (χ3v) is 5.54. The summed E-state index contributed by atoms with van der Waals surface area (Å²) >= 11 is 0. The van der Waals surface area contributed by atoms with Gasteiger partial charge in [-0.3, -0.25) is 0 Å². The van der Waals surface area contributed by atoms with Crippen LogP contribution in [0, 0.1) is 11.7 Å². The van der Waals surface area contributed by atoms with Crippen molar-refractivity contribution in [3.63, 3.8) is 0 Å². The summed E-state index contributed by atoms with van der Waals surface area (Å²) in [6.07, 6.45) is 2.43. The molecule has 4 nitrogen and oxygen atoms in total. The quantitative estimate of drug-likeness (QED) is 0.604. The highest BCUT2D eigenvalue weighted by Crippen LogP contribution is 2.35. The van der Waals surface area contributed by atoms with Crippen molar-refractivity contribution in [3.05, 3.63) is 77.6 Å². The van der Waals surface area contributed by atoms with Crippen LogP contribution in [0.1, 0.15) is 24.5 Å². The molecule has 0 amide bonds. The lowest BCUT2D eigenvalue weighted by atomic mass is 9.95. The molecule has 0 unspecified atom stereocenters. The van der Waals surface area contributed by atoms with Gasteiger partial charge in [-0.2, -0.15) is 0 Å². The predicted octanol–water partition coefficient (Wildman–Crippen LogP) is 4.63. The van der Waals surface area contributed by atoms with Gasteiger partial charge in [0.1, 0.15) is 11.6 Å². The summed E-state index contributed by atoms with van der Waals surface area (Å²) in [6, 6.07) is 18.1. The van der Waals surface area contributed by atoms with E-state index < -0.39 is 18.5 Å². The average Bonchev–Trinajstić information content (AvgIpc) is 2.77. The molecule has 0 radical (unpaired) electrons. The Hall–Kier alpha value is -2.73. The van der Waals surface area contributed by atoms with Crippen molar-refractivity contribution in [2.45, 2.75) is 31.8 Å². The van der Waals surface area contributed by atoms with Crippen molar-refractivity contribution >= 4 is 22.9 Å². The lowest BCUT2D eigenvalue weighted by Crippen LogP contribution is -2.46. The van der Waals surface area contributed by atoms with Crippen LogP contribution in [-0.2, 0) is 4.74 Å². The minimum atomic E-state index is -0.685. The molecule has 1 aliphatic heterocycles. The Balaban J connectivity index is 1.71. The van der Waals surface area contributed by atoms with Gasteiger partial charge in [0.2, 0.25) is 6.29 Å². The van der Waals surface area contributed by atoms with Crippen LogP contribution in [0.15, 0.2) is 60.7 Å². The van der Waals surface area contributed by atoms with Crippen LogP contribution in [-0.4, -0.2) is 35.3 Å². The van der Waals surface area contributed by atoms with Crippen molar-refractivity contribution in [1.29, 1.82) is 0 Å². The molecule has 30 heavy (non-hydrogen) atoms. The Morgan fingerprint density at radius 3 is 2.60 bits per heavy atom. The van der Waals surface area contributed by atoms with E-state index in [0.29, 0.717) is 12.2 Å². The monoisotopic (exact) mass is 408 g/mol. The van der Waals surface area contributed by atoms with Crippen molar-refractivity contribution in [2.75, 3.05) is 6.61 Å². The van der Waals surface area contributed by atoms with E-state index in [9.17, 15) is 14.6 Å². The van der Waals surface area contributed by atoms with Gasteiger partial charge >= 0.3 is 0 Å². The molecule has 1 aliphatic rings. The van der Waals surface area contributed by atoms with Crippen molar-refractivity contribution in [1.82, 2.24) is 0 Å². The Labute approximate surface area is 175 Å². The normalized spacial score (nSPS) is 24.4. The highest BCUT2D eigenvalue weighted by atomic mass is 19.1. The zero-order valence-corrected chi connectivity index (χ0v) is 16.7. The fourth-order valence-electron chi connectivity index (χ4n) is 3.69. The second-order valence-corrected chi connectivity index (χ2v) is 7.68. The molecule has 2 N–H and O–H groups in total. The first-order valence-corrected chi connectivity index (χ1v) is 10.1. The van der Waals surface area contributed by atoms with E-state index in [4.69, 9.17) is 9.47 Å². The first-order chi connectivity index (χ1) is 14.5. The lowest BCUT2D eigenvalue weighted by molar-refractivity contribution is -0.214. The highest BCUT2D eigenvalue weighted by molar-refractivity contribution is 5.93. The number of hydrogen-bond donors (Lipinski definition) is 2. The van der Waals surface area contributed by atoms with Crippen molar-refractivity contribution in [3.8, 4) is 5.75 Å². The summed E-state index contributed by atoms with van der Waals surface area (Å²) in [5.41, 5.74) is 1.71. The van der Waals surface area contributed by atoms with Gasteiger partial charge in [-0.1, -0.05) is 67.6 Å². The van der Waals surface area contributed by atoms with Gasteiger partial charge in [0, 0.05) is 23.3 Å². The molecule has 1 fully saturated rings. The summed E-state index contributed by atoms with van der Waals surface area (Å²) in [5.74, 6) is 0.122. The molecule has 0 aliphatic carbocycles. The summed E-state index contributed by atoms with van der Waals surface area (Å²) in [6.45, 7) is 1.71. The van der Waals surface area contributed by atoms with Gasteiger partial charge < -0.3 is 19.7 Å². The maximum Gasteiger partial charge on any atom is 0.205 e. The zero-order chi connectivity index (χ0) is 21.1. The van der Waals surface area contributed by atoms with Crippen LogP contribution < -0.4 is 4.74 Å². The maximum atomic E-state index is 13.2. The minimum Gasteiger partial charge on any atom is -0.463 e. The van der Waals surface area contributed by atoms with E-state index >= 15 is 0 Å². The molecular formula is C25H25FO4. The Morgan fingerprint density at radius 1 is 1.07 bits per heavy atom. The number of hydrogen-bond acceptors (Lipinski definition) is 4. The Kier molecular flexibility index (Phi) is 6.13. The topological polar surface area (TPSA) is 58.9 Å². The van der Waals surface area contributed by atoms with Gasteiger partial charge in [0.25, 0.3) is 0 Å². The maximum absolute atomic E-state index is 13.2. The van der Waals surface area contributed by atoms with Crippen LogP contribution in [0.3, 0.4) is 0 Å². The summed E-state index contributed by atoms with van der Waals surface area (Å²) in [7, 11) is 0. The molecule has 3 aromatic rings. The zero-order valence-electron chi connectivity index (χ0n) is 16.7. The lowest BCUT2D eigenvalue weighted by Gasteiger charge is -2.37. The van der Waals surface area contributed by atoms with E-state index in [1.165, 1.54) is 12.1 Å². The van der Waals surface area contributed by atoms with Crippen LogP contribution >= 0.6 is 0 Å². The Morgan fingerprint density at radius 2 is 1.83 bits per heavy atom. The van der Waals surface area contributed by atoms with Crippen LogP contribution in [0.4, 0.5) is 4.39 Å². The first-order valence-electron chi connectivity index (χ1n) is 10.1. The van der Waals surface area contributed by atoms with Gasteiger partial charge in [0.05, 0.1) is 18.8 Å². The summed E-state index contributed by atoms with van der Waals surface area (Å²) in [4.78, 5) is 0. The van der Waals surface area contributed by atoms with E-state index in [0.717, 1.165) is 21.9 Å². The van der Waals surface area contributed by atoms with E-state index in [2.05, 4.69) is 0 Å². The molecule has 5 heteroatoms. The third-order valence-electron chi connectivity index (χ3n) is 5.54. The molecule has 0 bridgehead atoms. The fraction of sp³-hybridized carbons (Fsp3) is 0.280. The smallest absolute Gasteiger partial charge is 0.205 e. The van der Waals surface area contributed by atoms with Gasteiger partial charge in [-0.25, -0.2) is 4.39 Å². The van der Waals surface area contributed by atoms with Gasteiger partial charge in [0.15, 0.2) is 0 Å². The number of aliphatic hydroxyl groups excluding tert-OH is 2. The first kappa shape index (κ1) is 20.5. The third kappa shape index (κ3) is 4.38. The summed E-state index contributed by atoms with van der Waals surface area (Å²) < 4.78 is 25.4. The number of halogens is 1. The number of benzene rings is 3. The molecule has 1 saturated heterocycles. The molecule has 0 saturated carbocycles. The number of rotatable bonds is 5. The highest BCUT2D eigenvalue weighted by Gasteiger charge is 2.36. The van der Waals surface area contributed by atoms with Gasteiger partial charge in [-0.15, -0.1) is 0 Å². The van der Waals surface area contributed by atoms with Crippen LogP contribution in [0.25, 0.3) is 22.9 Å². The van der Waals surface area contributed by atoms with E-state index in [-0.39, 0.29) is 18.3 Å². The molecule has 4 rings (SSSR count). The number of ether oxygens (including phenoxy) is 2. The van der Waals surface area contributed by atoms with Crippen LogP contribution in [0.5, 0.6) is 5.75 Å². The molecule has 3 aromatic carbocycles. The predicted molar refractivity (Wildman–Crippen MR) is 115 cm³/mol. The molecule has 156 valence electrons. The van der Waals surface area contributed by atoms with E-state index in [1.54, 1.807) is 12.1 Å². The SMILES string of the molecule is C[C@@H]1[C@H](Oc2c(/C=C/c3ccc(F)cc3)ccc3ccccc23)O[C@H](CO)C[C@@H]1O. The number of aliphatic hydroxyl groups is 2. The van der Waals surface area contributed by atoms with Gasteiger partial charge in [-0.05, 0) is 23.1 Å². The van der Waals surface area contributed by atoms with E-state index in [1.807, 2.05) is 55.5 Å². The Bertz CT molecular complexity index is 1030. The second-order valence-electron chi connectivity index (χ2n) is 7.68. The van der Waals surface area contributed by atoms with Crippen LogP contribution in [0.2, 0.25) is 0 Å².